The number of aromatic nitrogens is 1. The van der Waals surface area contributed by atoms with Crippen molar-refractivity contribution < 1.29 is 13.6 Å². The summed E-state index contributed by atoms with van der Waals surface area (Å²) in [7, 11) is 0. The van der Waals surface area contributed by atoms with Crippen molar-refractivity contribution in [1.29, 1.82) is 0 Å². The van der Waals surface area contributed by atoms with Crippen LogP contribution in [-0.2, 0) is 5.54 Å². The Bertz CT molecular complexity index is 918. The van der Waals surface area contributed by atoms with Crippen LogP contribution >= 0.6 is 11.8 Å². The van der Waals surface area contributed by atoms with E-state index in [1.807, 2.05) is 0 Å². The van der Waals surface area contributed by atoms with Crippen LogP contribution in [0.3, 0.4) is 0 Å². The number of thioether (sulfide) groups is 1. The summed E-state index contributed by atoms with van der Waals surface area (Å²) in [5, 5.41) is 3.17. The van der Waals surface area contributed by atoms with Crippen LogP contribution in [0.25, 0.3) is 0 Å². The molecule has 140 valence electrons. The Labute approximate surface area is 159 Å². The van der Waals surface area contributed by atoms with Gasteiger partial charge in [-0.15, -0.1) is 0 Å². The van der Waals surface area contributed by atoms with Gasteiger partial charge in [-0.05, 0) is 49.1 Å². The van der Waals surface area contributed by atoms with Crippen LogP contribution in [0.2, 0.25) is 0 Å². The van der Waals surface area contributed by atoms with Crippen LogP contribution in [0.4, 0.5) is 14.5 Å². The molecule has 8 heteroatoms. The number of halogens is 2. The monoisotopic (exact) mass is 388 g/mol. The van der Waals surface area contributed by atoms with Gasteiger partial charge in [0.15, 0.2) is 5.17 Å². The van der Waals surface area contributed by atoms with Crippen LogP contribution in [0.1, 0.15) is 35.3 Å². The third-order valence-corrected chi connectivity index (χ3v) is 6.13. The van der Waals surface area contributed by atoms with Crippen molar-refractivity contribution >= 4 is 28.5 Å². The van der Waals surface area contributed by atoms with E-state index in [1.54, 1.807) is 6.07 Å². The van der Waals surface area contributed by atoms with E-state index in [4.69, 9.17) is 5.73 Å². The highest BCUT2D eigenvalue weighted by Gasteiger charge is 2.48. The second kappa shape index (κ2) is 6.92. The third-order valence-electron chi connectivity index (χ3n) is 5.18. The molecule has 1 aliphatic heterocycles. The number of rotatable bonds is 3. The molecule has 0 spiro atoms. The zero-order valence-corrected chi connectivity index (χ0v) is 15.2. The minimum absolute atomic E-state index is 0.0792. The molecule has 2 atom stereocenters. The SMILES string of the molecule is NC1=NC2(c3cc(NC(=O)c4ccc(F)cn4)ccc3F)CCCC2CS1. The second-order valence-electron chi connectivity index (χ2n) is 6.78. The molecule has 5 nitrogen and oxygen atoms in total. The molecule has 0 bridgehead atoms. The molecular weight excluding hydrogens is 370 g/mol. The molecule has 2 aromatic rings. The Kier molecular flexibility index (Phi) is 4.59. The number of fused-ring (bicyclic) bond motifs is 1. The zero-order valence-electron chi connectivity index (χ0n) is 14.4. The van der Waals surface area contributed by atoms with E-state index in [1.165, 1.54) is 30.0 Å². The molecule has 0 saturated heterocycles. The Morgan fingerprint density at radius 1 is 1.30 bits per heavy atom. The number of pyridine rings is 1. The van der Waals surface area contributed by atoms with Crippen molar-refractivity contribution in [1.82, 2.24) is 4.98 Å². The van der Waals surface area contributed by atoms with Crippen LogP contribution < -0.4 is 11.1 Å². The van der Waals surface area contributed by atoms with Crippen molar-refractivity contribution in [2.45, 2.75) is 24.8 Å². The summed E-state index contributed by atoms with van der Waals surface area (Å²) in [6.07, 6.45) is 3.63. The molecule has 2 aliphatic rings. The first-order valence-corrected chi connectivity index (χ1v) is 9.67. The van der Waals surface area contributed by atoms with E-state index in [9.17, 15) is 13.6 Å². The normalized spacial score (nSPS) is 24.2. The van der Waals surface area contributed by atoms with E-state index >= 15 is 0 Å². The Hall–Kier alpha value is -2.48. The lowest BCUT2D eigenvalue weighted by Gasteiger charge is -2.36. The zero-order chi connectivity index (χ0) is 19.0. The lowest BCUT2D eigenvalue weighted by atomic mass is 9.81. The fraction of sp³-hybridized carbons (Fsp3) is 0.316. The molecule has 1 aromatic carbocycles. The van der Waals surface area contributed by atoms with Gasteiger partial charge in [0, 0.05) is 17.0 Å². The van der Waals surface area contributed by atoms with Crippen molar-refractivity contribution in [2.75, 3.05) is 11.1 Å². The molecule has 4 rings (SSSR count). The van der Waals surface area contributed by atoms with Gasteiger partial charge < -0.3 is 11.1 Å². The number of carbonyl (C=O) groups excluding carboxylic acids is 1. The van der Waals surface area contributed by atoms with Crippen LogP contribution in [-0.4, -0.2) is 21.8 Å². The highest BCUT2D eigenvalue weighted by atomic mass is 32.2. The van der Waals surface area contributed by atoms with Crippen LogP contribution in [0.15, 0.2) is 41.5 Å². The number of aliphatic imine (C=N–C) groups is 1. The summed E-state index contributed by atoms with van der Waals surface area (Å²) in [4.78, 5) is 20.7. The van der Waals surface area contributed by atoms with Gasteiger partial charge >= 0.3 is 0 Å². The fourth-order valence-electron chi connectivity index (χ4n) is 3.90. The first kappa shape index (κ1) is 17.9. The van der Waals surface area contributed by atoms with Crippen LogP contribution in [0, 0.1) is 17.6 Å². The molecule has 1 amide bonds. The average molecular weight is 388 g/mol. The molecule has 1 saturated carbocycles. The number of amidine groups is 1. The Balaban J connectivity index is 1.67. The summed E-state index contributed by atoms with van der Waals surface area (Å²) in [6.45, 7) is 0. The van der Waals surface area contributed by atoms with Gasteiger partial charge in [-0.2, -0.15) is 0 Å². The molecule has 1 fully saturated rings. The lowest BCUT2D eigenvalue weighted by Crippen LogP contribution is -2.37. The van der Waals surface area contributed by atoms with E-state index in [2.05, 4.69) is 15.3 Å². The molecular formula is C19H18F2N4OS. The quantitative estimate of drug-likeness (QED) is 0.841. The van der Waals surface area contributed by atoms with E-state index in [0.29, 0.717) is 16.4 Å². The predicted molar refractivity (Wildman–Crippen MR) is 102 cm³/mol. The highest BCUT2D eigenvalue weighted by molar-refractivity contribution is 8.13. The summed E-state index contributed by atoms with van der Waals surface area (Å²) in [5.41, 5.74) is 6.25. The smallest absolute Gasteiger partial charge is 0.274 e. The first-order chi connectivity index (χ1) is 13.0. The molecule has 2 heterocycles. The van der Waals surface area contributed by atoms with Gasteiger partial charge in [0.05, 0.1) is 11.7 Å². The van der Waals surface area contributed by atoms with Crippen LogP contribution in [0.5, 0.6) is 0 Å². The minimum Gasteiger partial charge on any atom is -0.379 e. The van der Waals surface area contributed by atoms with Gasteiger partial charge in [0.2, 0.25) is 0 Å². The standard InChI is InChI=1S/C19H18F2N4OS/c20-12-3-6-16(23-9-12)17(26)24-13-4-5-15(21)14(8-13)19-7-1-2-11(19)10-27-18(22)25-19/h3-6,8-9,11H,1-2,7,10H2,(H2,22,25)(H,24,26). The molecule has 0 radical (unpaired) electrons. The van der Waals surface area contributed by atoms with Gasteiger partial charge in [-0.1, -0.05) is 18.2 Å². The van der Waals surface area contributed by atoms with E-state index < -0.39 is 17.3 Å². The fourth-order valence-corrected chi connectivity index (χ4v) is 4.94. The predicted octanol–water partition coefficient (Wildman–Crippen LogP) is 3.67. The number of amides is 1. The number of benzene rings is 1. The summed E-state index contributed by atoms with van der Waals surface area (Å²) in [6, 6.07) is 6.91. The number of carbonyl (C=O) groups is 1. The van der Waals surface area contributed by atoms with Gasteiger partial charge in [-0.3, -0.25) is 9.79 Å². The first-order valence-electron chi connectivity index (χ1n) is 8.69. The van der Waals surface area contributed by atoms with Gasteiger partial charge in [0.1, 0.15) is 17.3 Å². The Morgan fingerprint density at radius 3 is 2.93 bits per heavy atom. The van der Waals surface area contributed by atoms with Crippen molar-refractivity contribution in [3.8, 4) is 0 Å². The second-order valence-corrected chi connectivity index (χ2v) is 7.83. The molecule has 3 N–H and O–H groups in total. The Morgan fingerprint density at radius 2 is 2.15 bits per heavy atom. The number of anilines is 1. The van der Waals surface area contributed by atoms with Crippen molar-refractivity contribution in [2.24, 2.45) is 16.6 Å². The summed E-state index contributed by atoms with van der Waals surface area (Å²) >= 11 is 1.50. The minimum atomic E-state index is -0.672. The summed E-state index contributed by atoms with van der Waals surface area (Å²) < 4.78 is 27.7. The highest BCUT2D eigenvalue weighted by Crippen LogP contribution is 2.51. The maximum absolute atomic E-state index is 14.7. The van der Waals surface area contributed by atoms with Crippen molar-refractivity contribution in [3.63, 3.8) is 0 Å². The topological polar surface area (TPSA) is 80.4 Å². The number of hydrogen-bond donors (Lipinski definition) is 2. The third kappa shape index (κ3) is 3.29. The molecule has 2 unspecified atom stereocenters. The average Bonchev–Trinajstić information content (AvgIpc) is 3.07. The number of hydrogen-bond acceptors (Lipinski definition) is 5. The number of nitrogens with two attached hydrogens (primary N) is 1. The van der Waals surface area contributed by atoms with Gasteiger partial charge in [0.25, 0.3) is 5.91 Å². The van der Waals surface area contributed by atoms with Crippen molar-refractivity contribution in [3.05, 3.63) is 59.4 Å². The number of nitrogens with one attached hydrogen (secondary N) is 1. The molecule has 27 heavy (non-hydrogen) atoms. The molecule has 1 aliphatic carbocycles. The maximum Gasteiger partial charge on any atom is 0.274 e. The van der Waals surface area contributed by atoms with E-state index in [0.717, 1.165) is 37.3 Å². The largest absolute Gasteiger partial charge is 0.379 e. The number of nitrogens with zero attached hydrogens (tertiary/aromatic N) is 2. The maximum atomic E-state index is 14.7. The van der Waals surface area contributed by atoms with E-state index in [-0.39, 0.29) is 17.4 Å². The van der Waals surface area contributed by atoms with Gasteiger partial charge in [-0.25, -0.2) is 13.8 Å². The molecule has 1 aromatic heterocycles. The summed E-state index contributed by atoms with van der Waals surface area (Å²) in [5.74, 6) is -0.342. The lowest BCUT2D eigenvalue weighted by molar-refractivity contribution is 0.102.